The molecular weight excluding hydrogens is 258 g/mol. The third-order valence-electron chi connectivity index (χ3n) is 4.39. The Hall–Kier alpha value is -1.89. The molecule has 0 aromatic carbocycles. The van der Waals surface area contributed by atoms with E-state index in [4.69, 9.17) is 15.2 Å². The molecule has 3 rings (SSSR count). The van der Waals surface area contributed by atoms with Crippen molar-refractivity contribution < 1.29 is 9.47 Å². The largest absolute Gasteiger partial charge is 0.479 e. The highest BCUT2D eigenvalue weighted by Crippen LogP contribution is 2.52. The second-order valence-corrected chi connectivity index (χ2v) is 5.69. The number of ether oxygens (including phenoxy) is 2. The number of nitrogen functional groups attached to an aromatic ring is 1. The van der Waals surface area contributed by atoms with Crippen molar-refractivity contribution in [3.8, 4) is 5.88 Å². The summed E-state index contributed by atoms with van der Waals surface area (Å²) in [6.45, 7) is 4.33. The lowest BCUT2D eigenvalue weighted by Gasteiger charge is -2.51. The molecule has 7 heteroatoms. The number of fused-ring (bicyclic) bond motifs is 1. The SMILES string of the molecule is COc1ncnc2c1nc(N)n2C1CC(OC)C1(C)C. The van der Waals surface area contributed by atoms with Crippen molar-refractivity contribution in [2.45, 2.75) is 32.4 Å². The summed E-state index contributed by atoms with van der Waals surface area (Å²) in [4.78, 5) is 12.7. The number of nitrogens with two attached hydrogens (primary N) is 1. The van der Waals surface area contributed by atoms with Gasteiger partial charge in [-0.2, -0.15) is 4.98 Å². The lowest BCUT2D eigenvalue weighted by Crippen LogP contribution is -2.51. The fourth-order valence-electron chi connectivity index (χ4n) is 3.06. The Kier molecular flexibility index (Phi) is 2.82. The minimum atomic E-state index is -0.0192. The van der Waals surface area contributed by atoms with Gasteiger partial charge in [-0.3, -0.25) is 4.57 Å². The van der Waals surface area contributed by atoms with Crippen molar-refractivity contribution in [2.24, 2.45) is 5.41 Å². The monoisotopic (exact) mass is 277 g/mol. The summed E-state index contributed by atoms with van der Waals surface area (Å²) in [6, 6.07) is 0.206. The average molecular weight is 277 g/mol. The van der Waals surface area contributed by atoms with E-state index >= 15 is 0 Å². The number of imidazole rings is 1. The molecule has 2 unspecified atom stereocenters. The average Bonchev–Trinajstić information content (AvgIpc) is 2.74. The van der Waals surface area contributed by atoms with E-state index < -0.39 is 0 Å². The highest BCUT2D eigenvalue weighted by atomic mass is 16.5. The van der Waals surface area contributed by atoms with E-state index in [1.807, 2.05) is 4.57 Å². The normalized spacial score (nSPS) is 24.6. The Balaban J connectivity index is 2.12. The van der Waals surface area contributed by atoms with Gasteiger partial charge in [-0.25, -0.2) is 9.97 Å². The molecule has 0 amide bonds. The minimum absolute atomic E-state index is 0.0192. The van der Waals surface area contributed by atoms with Crippen LogP contribution in [0.15, 0.2) is 6.33 Å². The molecule has 2 atom stereocenters. The molecular formula is C13H19N5O2. The van der Waals surface area contributed by atoms with E-state index in [1.165, 1.54) is 6.33 Å². The van der Waals surface area contributed by atoms with E-state index in [9.17, 15) is 0 Å². The van der Waals surface area contributed by atoms with E-state index in [0.717, 1.165) is 6.42 Å². The summed E-state index contributed by atoms with van der Waals surface area (Å²) in [5.74, 6) is 0.882. The van der Waals surface area contributed by atoms with E-state index in [1.54, 1.807) is 14.2 Å². The zero-order chi connectivity index (χ0) is 14.5. The number of hydrogen-bond acceptors (Lipinski definition) is 6. The summed E-state index contributed by atoms with van der Waals surface area (Å²) in [7, 11) is 3.30. The van der Waals surface area contributed by atoms with Gasteiger partial charge in [-0.05, 0) is 6.42 Å². The fraction of sp³-hybridized carbons (Fsp3) is 0.615. The van der Waals surface area contributed by atoms with Crippen LogP contribution in [0.2, 0.25) is 0 Å². The van der Waals surface area contributed by atoms with Crippen LogP contribution < -0.4 is 10.5 Å². The maximum absolute atomic E-state index is 6.08. The molecule has 20 heavy (non-hydrogen) atoms. The van der Waals surface area contributed by atoms with E-state index in [-0.39, 0.29) is 17.6 Å². The molecule has 2 aromatic heterocycles. The topological polar surface area (TPSA) is 88.1 Å². The molecule has 7 nitrogen and oxygen atoms in total. The van der Waals surface area contributed by atoms with Crippen LogP contribution in [-0.4, -0.2) is 39.8 Å². The molecule has 0 saturated heterocycles. The molecule has 1 saturated carbocycles. The summed E-state index contributed by atoms with van der Waals surface area (Å²) >= 11 is 0. The Bertz CT molecular complexity index is 651. The van der Waals surface area contributed by atoms with Crippen molar-refractivity contribution >= 4 is 17.1 Å². The van der Waals surface area contributed by atoms with Crippen molar-refractivity contribution in [3.63, 3.8) is 0 Å². The minimum Gasteiger partial charge on any atom is -0.479 e. The van der Waals surface area contributed by atoms with Crippen molar-refractivity contribution in [1.29, 1.82) is 0 Å². The van der Waals surface area contributed by atoms with Crippen molar-refractivity contribution in [1.82, 2.24) is 19.5 Å². The standard InChI is InChI=1S/C13H19N5O2/c1-13(2)7(5-8(13)19-3)18-10-9(17-12(18)14)11(20-4)16-6-15-10/h6-8H,5H2,1-4H3,(H2,14,17). The fourth-order valence-corrected chi connectivity index (χ4v) is 3.06. The maximum atomic E-state index is 6.08. The second kappa shape index (κ2) is 4.31. The first-order valence-electron chi connectivity index (χ1n) is 6.56. The van der Waals surface area contributed by atoms with E-state index in [0.29, 0.717) is 23.0 Å². The van der Waals surface area contributed by atoms with Gasteiger partial charge in [0, 0.05) is 18.6 Å². The summed E-state index contributed by atoms with van der Waals surface area (Å²) in [5, 5.41) is 0. The smallest absolute Gasteiger partial charge is 0.245 e. The Labute approximate surface area is 117 Å². The number of methoxy groups -OCH3 is 2. The van der Waals surface area contributed by atoms with Crippen LogP contribution in [0.25, 0.3) is 11.2 Å². The molecule has 2 aromatic rings. The van der Waals surface area contributed by atoms with Gasteiger partial charge in [-0.1, -0.05) is 13.8 Å². The zero-order valence-corrected chi connectivity index (χ0v) is 12.1. The van der Waals surface area contributed by atoms with Crippen LogP contribution in [0.4, 0.5) is 5.95 Å². The van der Waals surface area contributed by atoms with Crippen molar-refractivity contribution in [3.05, 3.63) is 6.33 Å². The third-order valence-corrected chi connectivity index (χ3v) is 4.39. The van der Waals surface area contributed by atoms with Crippen LogP contribution in [0, 0.1) is 5.41 Å². The summed E-state index contributed by atoms with van der Waals surface area (Å²) in [6.07, 6.45) is 2.58. The van der Waals surface area contributed by atoms with Crippen LogP contribution in [-0.2, 0) is 4.74 Å². The third kappa shape index (κ3) is 1.59. The molecule has 0 spiro atoms. The zero-order valence-electron chi connectivity index (χ0n) is 12.1. The number of anilines is 1. The van der Waals surface area contributed by atoms with Crippen LogP contribution in [0.1, 0.15) is 26.3 Å². The van der Waals surface area contributed by atoms with Crippen molar-refractivity contribution in [2.75, 3.05) is 20.0 Å². The molecule has 1 fully saturated rings. The molecule has 108 valence electrons. The predicted molar refractivity (Wildman–Crippen MR) is 74.5 cm³/mol. The molecule has 2 heterocycles. The molecule has 0 aliphatic heterocycles. The lowest BCUT2D eigenvalue weighted by molar-refractivity contribution is -0.111. The predicted octanol–water partition coefficient (Wildman–Crippen LogP) is 1.40. The van der Waals surface area contributed by atoms with Gasteiger partial charge in [0.15, 0.2) is 11.2 Å². The lowest BCUT2D eigenvalue weighted by atomic mass is 9.64. The molecule has 1 aliphatic carbocycles. The first-order valence-corrected chi connectivity index (χ1v) is 6.56. The molecule has 1 aliphatic rings. The Morgan fingerprint density at radius 2 is 2.10 bits per heavy atom. The highest BCUT2D eigenvalue weighted by molar-refractivity contribution is 5.79. The molecule has 0 radical (unpaired) electrons. The highest BCUT2D eigenvalue weighted by Gasteiger charge is 2.50. The van der Waals surface area contributed by atoms with Gasteiger partial charge in [0.05, 0.1) is 13.2 Å². The number of nitrogens with zero attached hydrogens (tertiary/aromatic N) is 4. The molecule has 0 bridgehead atoms. The maximum Gasteiger partial charge on any atom is 0.245 e. The Morgan fingerprint density at radius 1 is 1.35 bits per heavy atom. The van der Waals surface area contributed by atoms with Gasteiger partial charge in [0.25, 0.3) is 0 Å². The van der Waals surface area contributed by atoms with E-state index in [2.05, 4.69) is 28.8 Å². The number of hydrogen-bond donors (Lipinski definition) is 1. The summed E-state index contributed by atoms with van der Waals surface area (Å²) < 4.78 is 12.7. The van der Waals surface area contributed by atoms with Crippen LogP contribution >= 0.6 is 0 Å². The van der Waals surface area contributed by atoms with Gasteiger partial charge < -0.3 is 15.2 Å². The van der Waals surface area contributed by atoms with Gasteiger partial charge in [-0.15, -0.1) is 0 Å². The van der Waals surface area contributed by atoms with Gasteiger partial charge >= 0.3 is 0 Å². The molecule has 2 N–H and O–H groups in total. The first-order chi connectivity index (χ1) is 9.50. The number of aromatic nitrogens is 4. The van der Waals surface area contributed by atoms with Crippen LogP contribution in [0.5, 0.6) is 5.88 Å². The summed E-state index contributed by atoms with van der Waals surface area (Å²) in [5.41, 5.74) is 7.38. The van der Waals surface area contributed by atoms with Crippen LogP contribution in [0.3, 0.4) is 0 Å². The quantitative estimate of drug-likeness (QED) is 0.912. The second-order valence-electron chi connectivity index (χ2n) is 5.69. The number of rotatable bonds is 3. The first kappa shape index (κ1) is 13.1. The van der Waals surface area contributed by atoms with Gasteiger partial charge in [0.1, 0.15) is 6.33 Å². The Morgan fingerprint density at radius 3 is 2.70 bits per heavy atom. The van der Waals surface area contributed by atoms with Gasteiger partial charge in [0.2, 0.25) is 11.8 Å².